The standard InChI is InChI=1S/C13H19N3O3/c1-13(2,3)19-8-11(17)15-10-6-4-9(5-7-10)12(14)16-18/h4-7,18H,8H2,1-3H3,(H2,14,16)(H,15,17). The predicted molar refractivity (Wildman–Crippen MR) is 73.3 cm³/mol. The Kier molecular flexibility index (Phi) is 4.88. The Balaban J connectivity index is 2.56. The summed E-state index contributed by atoms with van der Waals surface area (Å²) in [5, 5.41) is 14.1. The van der Waals surface area contributed by atoms with Crippen LogP contribution in [0.1, 0.15) is 26.3 Å². The molecule has 0 radical (unpaired) electrons. The fraction of sp³-hybridized carbons (Fsp3) is 0.385. The molecule has 104 valence electrons. The van der Waals surface area contributed by atoms with Crippen LogP contribution in [-0.4, -0.2) is 29.2 Å². The summed E-state index contributed by atoms with van der Waals surface area (Å²) in [5.74, 6) is -0.208. The van der Waals surface area contributed by atoms with Crippen molar-refractivity contribution in [1.82, 2.24) is 0 Å². The van der Waals surface area contributed by atoms with Gasteiger partial charge < -0.3 is 21.0 Å². The molecule has 0 saturated carbocycles. The summed E-state index contributed by atoms with van der Waals surface area (Å²) in [7, 11) is 0. The lowest BCUT2D eigenvalue weighted by molar-refractivity contribution is -0.125. The largest absolute Gasteiger partial charge is 0.409 e. The lowest BCUT2D eigenvalue weighted by Gasteiger charge is -2.19. The van der Waals surface area contributed by atoms with Crippen molar-refractivity contribution in [2.24, 2.45) is 10.9 Å². The normalized spacial score (nSPS) is 12.3. The topological polar surface area (TPSA) is 96.9 Å². The van der Waals surface area contributed by atoms with Gasteiger partial charge in [-0.1, -0.05) is 5.16 Å². The minimum atomic E-state index is -0.354. The second-order valence-corrected chi connectivity index (χ2v) is 5.01. The van der Waals surface area contributed by atoms with Gasteiger partial charge in [0.1, 0.15) is 6.61 Å². The van der Waals surface area contributed by atoms with E-state index in [1.807, 2.05) is 20.8 Å². The second kappa shape index (κ2) is 6.19. The molecule has 0 heterocycles. The number of amidine groups is 1. The monoisotopic (exact) mass is 265 g/mol. The molecule has 6 heteroatoms. The highest BCUT2D eigenvalue weighted by Gasteiger charge is 2.12. The highest BCUT2D eigenvalue weighted by atomic mass is 16.5. The zero-order valence-corrected chi connectivity index (χ0v) is 11.3. The van der Waals surface area contributed by atoms with Gasteiger partial charge in [-0.3, -0.25) is 4.79 Å². The molecule has 0 atom stereocenters. The molecule has 0 bridgehead atoms. The third-order valence-corrected chi connectivity index (χ3v) is 2.21. The summed E-state index contributed by atoms with van der Waals surface area (Å²) in [5.41, 5.74) is 6.28. The molecule has 0 aliphatic rings. The number of hydrogen-bond donors (Lipinski definition) is 3. The van der Waals surface area contributed by atoms with E-state index in [1.54, 1.807) is 24.3 Å². The number of ether oxygens (including phenoxy) is 1. The lowest BCUT2D eigenvalue weighted by Crippen LogP contribution is -2.27. The van der Waals surface area contributed by atoms with Crippen LogP contribution in [0.25, 0.3) is 0 Å². The van der Waals surface area contributed by atoms with Crippen molar-refractivity contribution < 1.29 is 14.7 Å². The van der Waals surface area contributed by atoms with Gasteiger partial charge in [0.05, 0.1) is 5.60 Å². The van der Waals surface area contributed by atoms with Gasteiger partial charge in [0.15, 0.2) is 5.84 Å². The summed E-state index contributed by atoms with van der Waals surface area (Å²) in [6.07, 6.45) is 0. The predicted octanol–water partition coefficient (Wildman–Crippen LogP) is 1.53. The van der Waals surface area contributed by atoms with Crippen molar-refractivity contribution in [2.75, 3.05) is 11.9 Å². The van der Waals surface area contributed by atoms with Crippen LogP contribution in [0, 0.1) is 0 Å². The number of nitrogens with two attached hydrogens (primary N) is 1. The van der Waals surface area contributed by atoms with Crippen LogP contribution in [0.2, 0.25) is 0 Å². The van der Waals surface area contributed by atoms with E-state index in [4.69, 9.17) is 15.7 Å². The third kappa shape index (κ3) is 5.39. The first kappa shape index (κ1) is 15.0. The van der Waals surface area contributed by atoms with E-state index >= 15 is 0 Å². The number of nitrogens with zero attached hydrogens (tertiary/aromatic N) is 1. The van der Waals surface area contributed by atoms with E-state index < -0.39 is 0 Å². The minimum absolute atomic E-state index is 0.00844. The highest BCUT2D eigenvalue weighted by molar-refractivity contribution is 5.98. The fourth-order valence-corrected chi connectivity index (χ4v) is 1.26. The highest BCUT2D eigenvalue weighted by Crippen LogP contribution is 2.10. The number of nitrogens with one attached hydrogen (secondary N) is 1. The third-order valence-electron chi connectivity index (χ3n) is 2.21. The second-order valence-electron chi connectivity index (χ2n) is 5.01. The van der Waals surface area contributed by atoms with Crippen LogP contribution in [0.15, 0.2) is 29.4 Å². The van der Waals surface area contributed by atoms with Crippen molar-refractivity contribution in [2.45, 2.75) is 26.4 Å². The fourth-order valence-electron chi connectivity index (χ4n) is 1.26. The van der Waals surface area contributed by atoms with Crippen LogP contribution in [-0.2, 0) is 9.53 Å². The molecule has 0 aromatic heterocycles. The smallest absolute Gasteiger partial charge is 0.250 e. The molecule has 0 saturated heterocycles. The zero-order chi connectivity index (χ0) is 14.5. The molecule has 4 N–H and O–H groups in total. The maximum absolute atomic E-state index is 11.6. The Morgan fingerprint density at radius 1 is 1.37 bits per heavy atom. The van der Waals surface area contributed by atoms with E-state index in [2.05, 4.69) is 10.5 Å². The number of carbonyl (C=O) groups excluding carboxylic acids is 1. The number of anilines is 1. The van der Waals surface area contributed by atoms with E-state index in [0.717, 1.165) is 0 Å². The van der Waals surface area contributed by atoms with Crippen LogP contribution in [0.3, 0.4) is 0 Å². The summed E-state index contributed by atoms with van der Waals surface area (Å²) >= 11 is 0. The van der Waals surface area contributed by atoms with E-state index in [1.165, 1.54) is 0 Å². The van der Waals surface area contributed by atoms with Crippen LogP contribution in [0.5, 0.6) is 0 Å². The summed E-state index contributed by atoms with van der Waals surface area (Å²) in [6.45, 7) is 5.63. The number of carbonyl (C=O) groups is 1. The molecule has 0 unspecified atom stereocenters. The molecule has 0 fully saturated rings. The first-order valence-corrected chi connectivity index (χ1v) is 5.83. The lowest BCUT2D eigenvalue weighted by atomic mass is 10.2. The van der Waals surface area contributed by atoms with E-state index in [0.29, 0.717) is 11.3 Å². The van der Waals surface area contributed by atoms with Crippen LogP contribution < -0.4 is 11.1 Å². The van der Waals surface area contributed by atoms with Crippen molar-refractivity contribution in [3.8, 4) is 0 Å². The molecule has 1 rings (SSSR count). The molecule has 19 heavy (non-hydrogen) atoms. The summed E-state index contributed by atoms with van der Waals surface area (Å²) in [6, 6.07) is 6.63. The van der Waals surface area contributed by atoms with Gasteiger partial charge in [-0.15, -0.1) is 0 Å². The Bertz CT molecular complexity index is 461. The van der Waals surface area contributed by atoms with Crippen molar-refractivity contribution >= 4 is 17.4 Å². The van der Waals surface area contributed by atoms with Gasteiger partial charge in [0.2, 0.25) is 5.91 Å². The number of hydrogen-bond acceptors (Lipinski definition) is 4. The maximum Gasteiger partial charge on any atom is 0.250 e. The Morgan fingerprint density at radius 2 is 1.95 bits per heavy atom. The molecule has 1 aromatic carbocycles. The quantitative estimate of drug-likeness (QED) is 0.333. The van der Waals surface area contributed by atoms with Gasteiger partial charge in [0.25, 0.3) is 0 Å². The molecule has 0 aliphatic carbocycles. The minimum Gasteiger partial charge on any atom is -0.409 e. The Labute approximate surface area is 112 Å². The van der Waals surface area contributed by atoms with Gasteiger partial charge in [0, 0.05) is 11.3 Å². The van der Waals surface area contributed by atoms with Crippen molar-refractivity contribution in [3.05, 3.63) is 29.8 Å². The van der Waals surface area contributed by atoms with Crippen LogP contribution in [0.4, 0.5) is 5.69 Å². The van der Waals surface area contributed by atoms with Gasteiger partial charge >= 0.3 is 0 Å². The number of benzene rings is 1. The van der Waals surface area contributed by atoms with E-state index in [9.17, 15) is 4.79 Å². The van der Waals surface area contributed by atoms with Gasteiger partial charge in [-0.25, -0.2) is 0 Å². The average Bonchev–Trinajstić information content (AvgIpc) is 2.35. The summed E-state index contributed by atoms with van der Waals surface area (Å²) < 4.78 is 5.36. The number of oxime groups is 1. The molecular formula is C13H19N3O3. The molecule has 6 nitrogen and oxygen atoms in total. The first-order chi connectivity index (χ1) is 8.81. The van der Waals surface area contributed by atoms with Crippen molar-refractivity contribution in [1.29, 1.82) is 0 Å². The molecule has 0 aliphatic heterocycles. The maximum atomic E-state index is 11.6. The number of rotatable bonds is 4. The van der Waals surface area contributed by atoms with E-state index in [-0.39, 0.29) is 24.0 Å². The Hall–Kier alpha value is -2.08. The Morgan fingerprint density at radius 3 is 2.42 bits per heavy atom. The summed E-state index contributed by atoms with van der Waals surface area (Å²) in [4.78, 5) is 11.6. The first-order valence-electron chi connectivity index (χ1n) is 5.83. The molecule has 1 aromatic rings. The molecule has 0 spiro atoms. The van der Waals surface area contributed by atoms with Gasteiger partial charge in [-0.05, 0) is 45.0 Å². The van der Waals surface area contributed by atoms with Gasteiger partial charge in [-0.2, -0.15) is 0 Å². The van der Waals surface area contributed by atoms with Crippen molar-refractivity contribution in [3.63, 3.8) is 0 Å². The van der Waals surface area contributed by atoms with Crippen LogP contribution >= 0.6 is 0 Å². The molecular weight excluding hydrogens is 246 g/mol. The molecule has 1 amide bonds. The number of amides is 1. The average molecular weight is 265 g/mol. The zero-order valence-electron chi connectivity index (χ0n) is 11.3. The SMILES string of the molecule is CC(C)(C)OCC(=O)Nc1ccc(/C(N)=N/O)cc1.